The van der Waals surface area contributed by atoms with Crippen molar-refractivity contribution in [1.82, 2.24) is 4.98 Å². The molecule has 1 heterocycles. The topological polar surface area (TPSA) is 83.2 Å². The lowest BCUT2D eigenvalue weighted by Crippen LogP contribution is -2.09. The first-order valence-corrected chi connectivity index (χ1v) is 4.01. The summed E-state index contributed by atoms with van der Waals surface area (Å²) in [4.78, 5) is 14.2. The molecule has 0 atom stereocenters. The van der Waals surface area contributed by atoms with Gasteiger partial charge in [-0.1, -0.05) is 0 Å². The van der Waals surface area contributed by atoms with Crippen molar-refractivity contribution in [2.75, 3.05) is 7.11 Å². The lowest BCUT2D eigenvalue weighted by atomic mass is 10.1. The number of nitriles is 1. The van der Waals surface area contributed by atoms with E-state index in [4.69, 9.17) is 10.4 Å². The van der Waals surface area contributed by atoms with Gasteiger partial charge in [-0.3, -0.25) is 0 Å². The zero-order chi connectivity index (χ0) is 12.3. The van der Waals surface area contributed by atoms with Crippen LogP contribution in [0, 0.1) is 11.3 Å². The van der Waals surface area contributed by atoms with Crippen LogP contribution in [0.3, 0.4) is 0 Å². The Morgan fingerprint density at radius 1 is 1.69 bits per heavy atom. The molecule has 0 aromatic carbocycles. The third-order valence-corrected chi connectivity index (χ3v) is 1.84. The Bertz CT molecular complexity index is 469. The van der Waals surface area contributed by atoms with Gasteiger partial charge in [0, 0.05) is 0 Å². The average Bonchev–Trinajstić information content (AvgIpc) is 2.26. The number of aromatic carboxylic acids is 1. The molecule has 7 heteroatoms. The highest BCUT2D eigenvalue weighted by atomic mass is 19.3. The van der Waals surface area contributed by atoms with Gasteiger partial charge in [0.05, 0.1) is 18.9 Å². The van der Waals surface area contributed by atoms with Crippen molar-refractivity contribution in [2.45, 2.75) is 6.43 Å². The Hall–Kier alpha value is -2.23. The van der Waals surface area contributed by atoms with E-state index < -0.39 is 29.2 Å². The molecule has 0 unspecified atom stereocenters. The number of pyridine rings is 1. The smallest absolute Gasteiger partial charge is 0.340 e. The number of halogens is 2. The van der Waals surface area contributed by atoms with Crippen molar-refractivity contribution in [3.8, 4) is 11.8 Å². The second-order valence-electron chi connectivity index (χ2n) is 2.68. The highest BCUT2D eigenvalue weighted by molar-refractivity contribution is 5.93. The zero-order valence-electron chi connectivity index (χ0n) is 8.07. The molecule has 0 aliphatic carbocycles. The molecule has 1 N–H and O–H groups in total. The van der Waals surface area contributed by atoms with Crippen LogP contribution in [0.15, 0.2) is 6.20 Å². The van der Waals surface area contributed by atoms with Gasteiger partial charge >= 0.3 is 5.97 Å². The van der Waals surface area contributed by atoms with E-state index in [1.807, 2.05) is 0 Å². The van der Waals surface area contributed by atoms with E-state index in [2.05, 4.69) is 9.72 Å². The van der Waals surface area contributed by atoms with Crippen LogP contribution >= 0.6 is 0 Å². The summed E-state index contributed by atoms with van der Waals surface area (Å²) < 4.78 is 29.9. The highest BCUT2D eigenvalue weighted by Gasteiger charge is 2.27. The fourth-order valence-corrected chi connectivity index (χ4v) is 1.19. The molecule has 5 nitrogen and oxygen atoms in total. The van der Waals surface area contributed by atoms with Gasteiger partial charge in [0.15, 0.2) is 5.75 Å². The standard InChI is InChI=1S/C9H6F2N2O3/c1-16-5-3-13-4(2-12)6(8(10)11)7(5)9(14)15/h3,8H,1H3,(H,14,15). The Balaban J connectivity index is 3.61. The monoisotopic (exact) mass is 228 g/mol. The molecule has 1 aromatic heterocycles. The van der Waals surface area contributed by atoms with Crippen LogP contribution in [0.2, 0.25) is 0 Å². The predicted octanol–water partition coefficient (Wildman–Crippen LogP) is 1.60. The summed E-state index contributed by atoms with van der Waals surface area (Å²) in [5, 5.41) is 17.4. The van der Waals surface area contributed by atoms with Gasteiger partial charge in [-0.25, -0.2) is 18.6 Å². The third kappa shape index (κ3) is 1.91. The first kappa shape index (κ1) is 11.8. The quantitative estimate of drug-likeness (QED) is 0.849. The number of methoxy groups -OCH3 is 1. The van der Waals surface area contributed by atoms with Gasteiger partial charge in [0.25, 0.3) is 6.43 Å². The molecule has 84 valence electrons. The third-order valence-electron chi connectivity index (χ3n) is 1.84. The van der Waals surface area contributed by atoms with Gasteiger partial charge in [-0.15, -0.1) is 0 Å². The maximum Gasteiger partial charge on any atom is 0.340 e. The largest absolute Gasteiger partial charge is 0.494 e. The summed E-state index contributed by atoms with van der Waals surface area (Å²) in [7, 11) is 1.13. The maximum atomic E-state index is 12.6. The molecule has 0 saturated carbocycles. The number of carbonyl (C=O) groups is 1. The minimum atomic E-state index is -3.11. The van der Waals surface area contributed by atoms with E-state index >= 15 is 0 Å². The molecule has 0 fully saturated rings. The van der Waals surface area contributed by atoms with E-state index in [-0.39, 0.29) is 5.75 Å². The van der Waals surface area contributed by atoms with Gasteiger partial charge < -0.3 is 9.84 Å². The Labute approximate surface area is 88.9 Å². The summed E-state index contributed by atoms with van der Waals surface area (Å²) in [5.41, 5.74) is -2.27. The number of ether oxygens (including phenoxy) is 1. The molecular weight excluding hydrogens is 222 g/mol. The number of nitrogens with zero attached hydrogens (tertiary/aromatic N) is 2. The van der Waals surface area contributed by atoms with E-state index in [0.29, 0.717) is 0 Å². The molecule has 0 spiro atoms. The number of carboxylic acid groups (broad SMARTS) is 1. The van der Waals surface area contributed by atoms with Crippen LogP contribution in [0.25, 0.3) is 0 Å². The molecule has 0 aliphatic rings. The average molecular weight is 228 g/mol. The highest BCUT2D eigenvalue weighted by Crippen LogP contribution is 2.31. The first-order valence-electron chi connectivity index (χ1n) is 4.01. The second-order valence-corrected chi connectivity index (χ2v) is 2.68. The van der Waals surface area contributed by atoms with Crippen LogP contribution in [0.1, 0.15) is 28.0 Å². The molecule has 0 saturated heterocycles. The molecule has 0 amide bonds. The number of hydrogen-bond acceptors (Lipinski definition) is 4. The molecule has 0 aliphatic heterocycles. The summed E-state index contributed by atoms with van der Waals surface area (Å²) in [6.45, 7) is 0. The molecule has 16 heavy (non-hydrogen) atoms. The summed E-state index contributed by atoms with van der Waals surface area (Å²) >= 11 is 0. The fourth-order valence-electron chi connectivity index (χ4n) is 1.19. The second kappa shape index (κ2) is 4.53. The summed E-state index contributed by atoms with van der Waals surface area (Å²) in [6, 6.07) is 1.41. The van der Waals surface area contributed by atoms with Gasteiger partial charge in [0.2, 0.25) is 0 Å². The van der Waals surface area contributed by atoms with E-state index in [1.54, 1.807) is 0 Å². The van der Waals surface area contributed by atoms with Crippen LogP contribution in [0.4, 0.5) is 8.78 Å². The molecule has 1 rings (SSSR count). The minimum absolute atomic E-state index is 0.304. The van der Waals surface area contributed by atoms with Crippen LogP contribution in [0.5, 0.6) is 5.75 Å². The zero-order valence-corrected chi connectivity index (χ0v) is 8.07. The Kier molecular flexibility index (Phi) is 3.35. The number of rotatable bonds is 3. The van der Waals surface area contributed by atoms with Gasteiger partial charge in [-0.2, -0.15) is 5.26 Å². The fraction of sp³-hybridized carbons (Fsp3) is 0.222. The molecular formula is C9H6F2N2O3. The minimum Gasteiger partial charge on any atom is -0.494 e. The molecule has 0 bridgehead atoms. The Morgan fingerprint density at radius 2 is 2.31 bits per heavy atom. The van der Waals surface area contributed by atoms with E-state index in [0.717, 1.165) is 13.3 Å². The Morgan fingerprint density at radius 3 is 2.69 bits per heavy atom. The SMILES string of the molecule is COc1cnc(C#N)c(C(F)F)c1C(=O)O. The van der Waals surface area contributed by atoms with Crippen molar-refractivity contribution >= 4 is 5.97 Å². The predicted molar refractivity (Wildman–Crippen MR) is 47.4 cm³/mol. The first-order chi connectivity index (χ1) is 7.52. The molecule has 0 radical (unpaired) electrons. The van der Waals surface area contributed by atoms with Crippen molar-refractivity contribution in [3.63, 3.8) is 0 Å². The summed E-state index contributed by atoms with van der Waals surface area (Å²) in [5.74, 6) is -1.90. The summed E-state index contributed by atoms with van der Waals surface area (Å²) in [6.07, 6.45) is -2.18. The van der Waals surface area contributed by atoms with Crippen LogP contribution in [-0.2, 0) is 0 Å². The number of carboxylic acids is 1. The molecule has 1 aromatic rings. The maximum absolute atomic E-state index is 12.6. The van der Waals surface area contributed by atoms with Crippen molar-refractivity contribution < 1.29 is 23.4 Å². The number of alkyl halides is 2. The lowest BCUT2D eigenvalue weighted by Gasteiger charge is -2.10. The van der Waals surface area contributed by atoms with E-state index in [1.165, 1.54) is 6.07 Å². The van der Waals surface area contributed by atoms with Crippen molar-refractivity contribution in [1.29, 1.82) is 5.26 Å². The number of aromatic nitrogens is 1. The van der Waals surface area contributed by atoms with E-state index in [9.17, 15) is 13.6 Å². The van der Waals surface area contributed by atoms with Crippen LogP contribution in [-0.4, -0.2) is 23.2 Å². The van der Waals surface area contributed by atoms with Crippen molar-refractivity contribution in [2.24, 2.45) is 0 Å². The van der Waals surface area contributed by atoms with Crippen molar-refractivity contribution in [3.05, 3.63) is 23.0 Å². The normalized spacial score (nSPS) is 9.94. The van der Waals surface area contributed by atoms with Crippen LogP contribution < -0.4 is 4.74 Å². The lowest BCUT2D eigenvalue weighted by molar-refractivity contribution is 0.0679. The van der Waals surface area contributed by atoms with Gasteiger partial charge in [0.1, 0.15) is 17.3 Å². The van der Waals surface area contributed by atoms with Gasteiger partial charge in [-0.05, 0) is 0 Å². The number of hydrogen-bond donors (Lipinski definition) is 1.